The van der Waals surface area contributed by atoms with Crippen molar-refractivity contribution < 1.29 is 4.74 Å². The molecule has 1 aromatic carbocycles. The molecule has 0 aliphatic carbocycles. The summed E-state index contributed by atoms with van der Waals surface area (Å²) < 4.78 is 5.01. The Kier molecular flexibility index (Phi) is 2.86. The molecule has 0 unspecified atom stereocenters. The molecule has 1 aromatic rings. The Balaban J connectivity index is 3.39. The normalized spacial score (nSPS) is 9.50. The average molecular weight is 164 g/mol. The zero-order valence-corrected chi connectivity index (χ0v) is 7.33. The highest BCUT2D eigenvalue weighted by Crippen LogP contribution is 2.10. The van der Waals surface area contributed by atoms with Crippen molar-refractivity contribution in [2.24, 2.45) is 0 Å². The summed E-state index contributed by atoms with van der Waals surface area (Å²) in [6.07, 6.45) is 0.813. The smallest absolute Gasteiger partial charge is 0.220 e. The minimum atomic E-state index is -0.0562. The van der Waals surface area contributed by atoms with E-state index in [9.17, 15) is 4.79 Å². The van der Waals surface area contributed by atoms with E-state index in [1.807, 2.05) is 19.1 Å². The number of hydrogen-bond donors (Lipinski definition) is 0. The molecule has 0 amide bonds. The van der Waals surface area contributed by atoms with E-state index in [2.05, 4.69) is 0 Å². The molecule has 0 spiro atoms. The molecule has 0 N–H and O–H groups in total. The zero-order chi connectivity index (χ0) is 8.97. The van der Waals surface area contributed by atoms with Crippen LogP contribution in [0.4, 0.5) is 0 Å². The number of rotatable bonds is 2. The number of aryl methyl sites for hydroxylation is 1. The van der Waals surface area contributed by atoms with Gasteiger partial charge in [0.05, 0.1) is 7.11 Å². The van der Waals surface area contributed by atoms with E-state index in [0.717, 1.165) is 12.0 Å². The van der Waals surface area contributed by atoms with E-state index in [1.54, 1.807) is 6.07 Å². The standard InChI is InChI=1S/C10H12O2/c1-3-8-6-4-5-7-9(11)10(8)12-2/h4-7H,3H2,1-2H3. The van der Waals surface area contributed by atoms with Crippen LogP contribution in [0, 0.1) is 0 Å². The summed E-state index contributed by atoms with van der Waals surface area (Å²) in [5, 5.41) is 0. The molecule has 0 aliphatic rings. The van der Waals surface area contributed by atoms with Crippen molar-refractivity contribution in [3.63, 3.8) is 0 Å². The molecule has 0 saturated heterocycles. The maximum Gasteiger partial charge on any atom is 0.220 e. The van der Waals surface area contributed by atoms with Gasteiger partial charge in [-0.05, 0) is 18.1 Å². The summed E-state index contributed by atoms with van der Waals surface area (Å²) in [7, 11) is 1.52. The van der Waals surface area contributed by atoms with Crippen LogP contribution in [0.5, 0.6) is 5.75 Å². The highest BCUT2D eigenvalue weighted by molar-refractivity contribution is 5.31. The Morgan fingerprint density at radius 3 is 2.58 bits per heavy atom. The van der Waals surface area contributed by atoms with E-state index < -0.39 is 0 Å². The third kappa shape index (κ3) is 1.64. The molecule has 1 rings (SSSR count). The predicted molar refractivity (Wildman–Crippen MR) is 48.6 cm³/mol. The van der Waals surface area contributed by atoms with Gasteiger partial charge < -0.3 is 4.74 Å². The van der Waals surface area contributed by atoms with Gasteiger partial charge in [0.15, 0.2) is 5.75 Å². The lowest BCUT2D eigenvalue weighted by atomic mass is 10.2. The highest BCUT2D eigenvalue weighted by atomic mass is 16.5. The monoisotopic (exact) mass is 164 g/mol. The second-order valence-corrected chi connectivity index (χ2v) is 2.49. The summed E-state index contributed by atoms with van der Waals surface area (Å²) >= 11 is 0. The molecule has 64 valence electrons. The zero-order valence-electron chi connectivity index (χ0n) is 7.33. The molecule has 0 aliphatic heterocycles. The van der Waals surface area contributed by atoms with Crippen LogP contribution in [-0.4, -0.2) is 7.11 Å². The summed E-state index contributed by atoms with van der Waals surface area (Å²) in [6.45, 7) is 2.00. The van der Waals surface area contributed by atoms with Gasteiger partial charge in [0.25, 0.3) is 0 Å². The first-order chi connectivity index (χ1) is 5.79. The Hall–Kier alpha value is -1.31. The van der Waals surface area contributed by atoms with Crippen LogP contribution in [0.15, 0.2) is 29.1 Å². The van der Waals surface area contributed by atoms with Gasteiger partial charge in [-0.25, -0.2) is 0 Å². The number of ether oxygens (including phenoxy) is 1. The Labute approximate surface area is 71.8 Å². The second kappa shape index (κ2) is 3.90. The molecular weight excluding hydrogens is 152 g/mol. The molecular formula is C10H12O2. The molecule has 0 radical (unpaired) electrons. The van der Waals surface area contributed by atoms with Gasteiger partial charge in [-0.2, -0.15) is 0 Å². The first-order valence-electron chi connectivity index (χ1n) is 3.95. The summed E-state index contributed by atoms with van der Waals surface area (Å²) in [4.78, 5) is 11.3. The van der Waals surface area contributed by atoms with Crippen LogP contribution in [0.1, 0.15) is 12.5 Å². The van der Waals surface area contributed by atoms with E-state index in [1.165, 1.54) is 13.2 Å². The lowest BCUT2D eigenvalue weighted by Gasteiger charge is -1.99. The second-order valence-electron chi connectivity index (χ2n) is 2.49. The van der Waals surface area contributed by atoms with Gasteiger partial charge in [0.1, 0.15) is 0 Å². The Morgan fingerprint density at radius 1 is 1.33 bits per heavy atom. The quantitative estimate of drug-likeness (QED) is 0.664. The van der Waals surface area contributed by atoms with Crippen LogP contribution >= 0.6 is 0 Å². The van der Waals surface area contributed by atoms with Crippen molar-refractivity contribution in [1.82, 2.24) is 0 Å². The first-order valence-corrected chi connectivity index (χ1v) is 3.95. The van der Waals surface area contributed by atoms with Crippen LogP contribution in [0.2, 0.25) is 0 Å². The van der Waals surface area contributed by atoms with Crippen LogP contribution in [0.25, 0.3) is 0 Å². The summed E-state index contributed by atoms with van der Waals surface area (Å²) in [6, 6.07) is 6.99. The van der Waals surface area contributed by atoms with Crippen molar-refractivity contribution in [2.75, 3.05) is 7.11 Å². The van der Waals surface area contributed by atoms with Gasteiger partial charge in [-0.1, -0.05) is 25.1 Å². The third-order valence-electron chi connectivity index (χ3n) is 1.76. The molecule has 2 nitrogen and oxygen atoms in total. The molecule has 0 heterocycles. The number of hydrogen-bond acceptors (Lipinski definition) is 2. The largest absolute Gasteiger partial charge is 0.492 e. The van der Waals surface area contributed by atoms with E-state index in [0.29, 0.717) is 5.75 Å². The van der Waals surface area contributed by atoms with Gasteiger partial charge in [0.2, 0.25) is 5.43 Å². The van der Waals surface area contributed by atoms with Gasteiger partial charge in [-0.15, -0.1) is 0 Å². The molecule has 0 aromatic heterocycles. The third-order valence-corrected chi connectivity index (χ3v) is 1.76. The van der Waals surface area contributed by atoms with Gasteiger partial charge >= 0.3 is 0 Å². The molecule has 0 bridgehead atoms. The molecule has 12 heavy (non-hydrogen) atoms. The van der Waals surface area contributed by atoms with Crippen molar-refractivity contribution in [1.29, 1.82) is 0 Å². The van der Waals surface area contributed by atoms with Crippen LogP contribution in [0.3, 0.4) is 0 Å². The first kappa shape index (κ1) is 8.78. The summed E-state index contributed by atoms with van der Waals surface area (Å²) in [5.41, 5.74) is 0.895. The van der Waals surface area contributed by atoms with E-state index in [4.69, 9.17) is 4.74 Å². The van der Waals surface area contributed by atoms with Gasteiger partial charge in [0, 0.05) is 0 Å². The van der Waals surface area contributed by atoms with Crippen molar-refractivity contribution in [2.45, 2.75) is 13.3 Å². The van der Waals surface area contributed by atoms with Crippen molar-refractivity contribution in [3.05, 3.63) is 40.1 Å². The minimum Gasteiger partial charge on any atom is -0.492 e. The van der Waals surface area contributed by atoms with Crippen molar-refractivity contribution in [3.8, 4) is 5.75 Å². The van der Waals surface area contributed by atoms with Gasteiger partial charge in [-0.3, -0.25) is 4.79 Å². The maximum absolute atomic E-state index is 11.3. The fraction of sp³-hybridized carbons (Fsp3) is 0.300. The lowest BCUT2D eigenvalue weighted by molar-refractivity contribution is 0.407. The Morgan fingerprint density at radius 2 is 2.00 bits per heavy atom. The lowest BCUT2D eigenvalue weighted by Crippen LogP contribution is -2.02. The molecule has 0 saturated carbocycles. The highest BCUT2D eigenvalue weighted by Gasteiger charge is 2.01. The maximum atomic E-state index is 11.3. The fourth-order valence-electron chi connectivity index (χ4n) is 1.13. The van der Waals surface area contributed by atoms with E-state index >= 15 is 0 Å². The average Bonchev–Trinajstić information content (AvgIpc) is 2.26. The van der Waals surface area contributed by atoms with Crippen LogP contribution < -0.4 is 10.2 Å². The fourth-order valence-corrected chi connectivity index (χ4v) is 1.13. The van der Waals surface area contributed by atoms with Crippen molar-refractivity contribution >= 4 is 0 Å². The molecule has 2 heteroatoms. The Bertz CT molecular complexity index is 318. The molecule has 0 atom stereocenters. The minimum absolute atomic E-state index is 0.0562. The predicted octanol–water partition coefficient (Wildman–Crippen LogP) is 1.62. The SMILES string of the molecule is CCc1ccccc(=O)c1OC. The van der Waals surface area contributed by atoms with E-state index in [-0.39, 0.29) is 5.43 Å². The summed E-state index contributed by atoms with van der Waals surface area (Å²) in [5.74, 6) is 0.461. The topological polar surface area (TPSA) is 26.3 Å². The molecule has 0 fully saturated rings. The number of methoxy groups -OCH3 is 1. The van der Waals surface area contributed by atoms with Crippen LogP contribution in [-0.2, 0) is 6.42 Å².